The third-order valence-electron chi connectivity index (χ3n) is 4.69. The highest BCUT2D eigenvalue weighted by Crippen LogP contribution is 2.29. The Morgan fingerprint density at radius 2 is 1.93 bits per heavy atom. The molecule has 0 saturated heterocycles. The summed E-state index contributed by atoms with van der Waals surface area (Å²) in [5.74, 6) is -2.16. The van der Waals surface area contributed by atoms with Gasteiger partial charge in [-0.25, -0.2) is 13.3 Å². The molecule has 148 valence electrons. The summed E-state index contributed by atoms with van der Waals surface area (Å²) in [5, 5.41) is 3.22. The highest BCUT2D eigenvalue weighted by Gasteiger charge is 2.24. The summed E-state index contributed by atoms with van der Waals surface area (Å²) >= 11 is 3.07. The zero-order valence-electron chi connectivity index (χ0n) is 15.4. The van der Waals surface area contributed by atoms with Crippen LogP contribution in [0.2, 0.25) is 0 Å². The lowest BCUT2D eigenvalue weighted by molar-refractivity contribution is -0.119. The van der Waals surface area contributed by atoms with Gasteiger partial charge in [0.05, 0.1) is 11.2 Å². The Bertz CT molecular complexity index is 1320. The van der Waals surface area contributed by atoms with Gasteiger partial charge in [0.25, 0.3) is 5.56 Å². The number of para-hydroxylation sites is 1. The molecule has 6 nitrogen and oxygen atoms in total. The minimum absolute atomic E-state index is 0.0965. The summed E-state index contributed by atoms with van der Waals surface area (Å²) in [6, 6.07) is 9.61. The number of hydrogen-bond acceptors (Lipinski definition) is 3. The first-order chi connectivity index (χ1) is 13.8. The van der Waals surface area contributed by atoms with Crippen molar-refractivity contribution in [1.29, 1.82) is 0 Å². The Hall–Kier alpha value is -3.07. The molecule has 0 aliphatic carbocycles. The van der Waals surface area contributed by atoms with Crippen molar-refractivity contribution >= 4 is 44.1 Å². The minimum atomic E-state index is -0.888. The van der Waals surface area contributed by atoms with Crippen LogP contribution in [0, 0.1) is 18.6 Å². The van der Waals surface area contributed by atoms with Gasteiger partial charge in [0.1, 0.15) is 11.9 Å². The third kappa shape index (κ3) is 3.21. The lowest BCUT2D eigenvalue weighted by atomic mass is 10.2. The Kier molecular flexibility index (Phi) is 4.70. The molecule has 4 rings (SSSR count). The first kappa shape index (κ1) is 19.3. The van der Waals surface area contributed by atoms with Crippen LogP contribution in [0.15, 0.2) is 51.7 Å². The topological polar surface area (TPSA) is 68.4 Å². The first-order valence-electron chi connectivity index (χ1n) is 8.73. The van der Waals surface area contributed by atoms with Crippen molar-refractivity contribution in [2.24, 2.45) is 0 Å². The molecular weight excluding hydrogens is 446 g/mol. The van der Waals surface area contributed by atoms with E-state index in [1.165, 1.54) is 6.07 Å². The molecule has 2 heterocycles. The number of halogens is 3. The highest BCUT2D eigenvalue weighted by atomic mass is 79.9. The van der Waals surface area contributed by atoms with E-state index < -0.39 is 23.6 Å². The predicted octanol–water partition coefficient (Wildman–Crippen LogP) is 4.20. The second kappa shape index (κ2) is 7.07. The average molecular weight is 461 g/mol. The molecule has 2 aromatic heterocycles. The largest absolute Gasteiger partial charge is 0.321 e. The second-order valence-corrected chi connectivity index (χ2v) is 7.50. The van der Waals surface area contributed by atoms with Gasteiger partial charge in [-0.3, -0.25) is 14.3 Å². The third-order valence-corrected chi connectivity index (χ3v) is 5.32. The van der Waals surface area contributed by atoms with Crippen LogP contribution in [0.1, 0.15) is 18.7 Å². The van der Waals surface area contributed by atoms with Crippen molar-refractivity contribution in [3.63, 3.8) is 0 Å². The molecular formula is C20H15BrF2N4O2. The van der Waals surface area contributed by atoms with Crippen LogP contribution in [0.4, 0.5) is 14.5 Å². The van der Waals surface area contributed by atoms with Crippen LogP contribution in [0.3, 0.4) is 0 Å². The van der Waals surface area contributed by atoms with E-state index in [2.05, 4.69) is 26.2 Å². The molecule has 1 atom stereocenters. The summed E-state index contributed by atoms with van der Waals surface area (Å²) in [6.45, 7) is 3.39. The maximum absolute atomic E-state index is 14.2. The summed E-state index contributed by atoms with van der Waals surface area (Å²) in [5.41, 5.74) is 1.20. The van der Waals surface area contributed by atoms with Gasteiger partial charge in [0, 0.05) is 27.7 Å². The van der Waals surface area contributed by atoms with Crippen molar-refractivity contribution in [1.82, 2.24) is 14.2 Å². The van der Waals surface area contributed by atoms with E-state index in [0.29, 0.717) is 28.3 Å². The molecule has 0 radical (unpaired) electrons. The molecule has 0 aliphatic heterocycles. The van der Waals surface area contributed by atoms with E-state index in [-0.39, 0.29) is 15.7 Å². The number of hydrogen-bond donors (Lipinski definition) is 1. The number of anilines is 1. The Morgan fingerprint density at radius 3 is 2.66 bits per heavy atom. The number of benzene rings is 2. The van der Waals surface area contributed by atoms with Gasteiger partial charge in [-0.2, -0.15) is 4.98 Å². The predicted molar refractivity (Wildman–Crippen MR) is 109 cm³/mol. The van der Waals surface area contributed by atoms with Crippen LogP contribution in [0.25, 0.3) is 16.6 Å². The van der Waals surface area contributed by atoms with E-state index in [1.807, 2.05) is 24.3 Å². The van der Waals surface area contributed by atoms with Gasteiger partial charge in [0.2, 0.25) is 5.91 Å². The number of carbonyl (C=O) groups excluding carboxylic acids is 1. The Labute approximate surface area is 171 Å². The molecule has 2 aromatic carbocycles. The second-order valence-electron chi connectivity index (χ2n) is 6.64. The van der Waals surface area contributed by atoms with Crippen molar-refractivity contribution in [3.8, 4) is 0 Å². The molecule has 1 N–H and O–H groups in total. The molecule has 29 heavy (non-hydrogen) atoms. The summed E-state index contributed by atoms with van der Waals surface area (Å²) in [6.07, 6.45) is 0. The number of rotatable bonds is 3. The Morgan fingerprint density at radius 1 is 1.21 bits per heavy atom. The SMILES string of the molecule is Cc1cc(=O)nc2c3ccccc3n([C@@H](C)C(=O)Nc3c(F)cc(F)cc3Br)n12. The zero-order valence-corrected chi connectivity index (χ0v) is 17.0. The summed E-state index contributed by atoms with van der Waals surface area (Å²) in [7, 11) is 0. The van der Waals surface area contributed by atoms with Gasteiger partial charge >= 0.3 is 0 Å². The maximum Gasteiger partial charge on any atom is 0.273 e. The quantitative estimate of drug-likeness (QED) is 0.498. The molecule has 0 spiro atoms. The molecule has 0 saturated carbocycles. The maximum atomic E-state index is 14.2. The van der Waals surface area contributed by atoms with Crippen molar-refractivity contribution in [3.05, 3.63) is 74.6 Å². The zero-order chi connectivity index (χ0) is 20.9. The summed E-state index contributed by atoms with van der Waals surface area (Å²) in [4.78, 5) is 29.0. The fourth-order valence-electron chi connectivity index (χ4n) is 3.39. The number of aryl methyl sites for hydroxylation is 1. The number of amides is 1. The molecule has 0 unspecified atom stereocenters. The van der Waals surface area contributed by atoms with E-state index in [1.54, 1.807) is 23.0 Å². The lowest BCUT2D eigenvalue weighted by Crippen LogP contribution is -2.27. The van der Waals surface area contributed by atoms with E-state index in [9.17, 15) is 18.4 Å². The summed E-state index contributed by atoms with van der Waals surface area (Å²) < 4.78 is 31.0. The van der Waals surface area contributed by atoms with Crippen LogP contribution in [-0.4, -0.2) is 20.1 Å². The van der Waals surface area contributed by atoms with E-state index in [4.69, 9.17) is 0 Å². The fourth-order valence-corrected chi connectivity index (χ4v) is 3.90. The van der Waals surface area contributed by atoms with Crippen molar-refractivity contribution < 1.29 is 13.6 Å². The van der Waals surface area contributed by atoms with Crippen molar-refractivity contribution in [2.45, 2.75) is 19.9 Å². The van der Waals surface area contributed by atoms with Crippen LogP contribution >= 0.6 is 15.9 Å². The van der Waals surface area contributed by atoms with Crippen LogP contribution in [0.5, 0.6) is 0 Å². The van der Waals surface area contributed by atoms with Gasteiger partial charge in [-0.15, -0.1) is 0 Å². The van der Waals surface area contributed by atoms with Crippen LogP contribution in [-0.2, 0) is 4.79 Å². The standard InChI is InChI=1S/C20H15BrF2N4O2/c1-10-7-17(28)24-19-13-5-3-4-6-16(13)27(26(10)19)11(2)20(29)25-18-14(21)8-12(22)9-15(18)23/h3-9,11H,1-2H3,(H,25,29)/t11-/m0/s1. The molecule has 9 heteroatoms. The average Bonchev–Trinajstić information content (AvgIpc) is 2.98. The Balaban J connectivity index is 1.86. The smallest absolute Gasteiger partial charge is 0.273 e. The van der Waals surface area contributed by atoms with Gasteiger partial charge in [0.15, 0.2) is 11.5 Å². The number of nitrogens with zero attached hydrogens (tertiary/aromatic N) is 3. The van der Waals surface area contributed by atoms with Gasteiger partial charge < -0.3 is 5.32 Å². The lowest BCUT2D eigenvalue weighted by Gasteiger charge is -2.19. The normalized spacial score (nSPS) is 12.4. The number of aromatic nitrogens is 3. The van der Waals surface area contributed by atoms with Gasteiger partial charge in [-0.05, 0) is 48.0 Å². The fraction of sp³-hybridized carbons (Fsp3) is 0.150. The van der Waals surface area contributed by atoms with E-state index >= 15 is 0 Å². The molecule has 4 aromatic rings. The molecule has 1 amide bonds. The number of fused-ring (bicyclic) bond motifs is 3. The van der Waals surface area contributed by atoms with Crippen molar-refractivity contribution in [2.75, 3.05) is 5.32 Å². The van der Waals surface area contributed by atoms with E-state index in [0.717, 1.165) is 6.07 Å². The van der Waals surface area contributed by atoms with Crippen LogP contribution < -0.4 is 10.9 Å². The molecule has 0 aliphatic rings. The first-order valence-corrected chi connectivity index (χ1v) is 9.52. The number of nitrogens with one attached hydrogen (secondary N) is 1. The number of carbonyl (C=O) groups is 1. The highest BCUT2D eigenvalue weighted by molar-refractivity contribution is 9.10. The molecule has 0 fully saturated rings. The minimum Gasteiger partial charge on any atom is -0.321 e. The monoisotopic (exact) mass is 460 g/mol. The van der Waals surface area contributed by atoms with Gasteiger partial charge in [-0.1, -0.05) is 12.1 Å². The molecule has 0 bridgehead atoms.